The zero-order chi connectivity index (χ0) is 22.5. The lowest BCUT2D eigenvalue weighted by atomic mass is 9.86. The molecular weight excluding hydrogens is 398 g/mol. The Labute approximate surface area is 190 Å². The van der Waals surface area contributed by atoms with E-state index < -0.39 is 0 Å². The van der Waals surface area contributed by atoms with Gasteiger partial charge in [-0.25, -0.2) is 9.78 Å². The molecule has 1 aliphatic carbocycles. The van der Waals surface area contributed by atoms with Crippen molar-refractivity contribution in [2.45, 2.75) is 38.6 Å². The fourth-order valence-electron chi connectivity index (χ4n) is 4.37. The Balaban J connectivity index is 1.27. The Hall–Kier alpha value is -3.28. The molecule has 1 fully saturated rings. The van der Waals surface area contributed by atoms with E-state index in [1.165, 1.54) is 16.6 Å². The number of rotatable bonds is 6. The monoisotopic (exact) mass is 431 g/mol. The molecule has 3 aromatic rings. The molecule has 2 amide bonds. The first-order valence-electron chi connectivity index (χ1n) is 11.4. The van der Waals surface area contributed by atoms with Crippen molar-refractivity contribution in [2.24, 2.45) is 5.92 Å². The summed E-state index contributed by atoms with van der Waals surface area (Å²) in [4.78, 5) is 19.2. The number of pyridine rings is 1. The van der Waals surface area contributed by atoms with Crippen LogP contribution < -0.4 is 20.9 Å². The molecule has 6 nitrogen and oxygen atoms in total. The van der Waals surface area contributed by atoms with E-state index in [1.807, 2.05) is 37.3 Å². The molecule has 0 bridgehead atoms. The highest BCUT2D eigenvalue weighted by Gasteiger charge is 2.22. The van der Waals surface area contributed by atoms with Gasteiger partial charge in [-0.3, -0.25) is 0 Å². The van der Waals surface area contributed by atoms with Crippen LogP contribution in [0, 0.1) is 12.8 Å². The number of fused-ring (bicyclic) bond motifs is 1. The van der Waals surface area contributed by atoms with E-state index in [0.29, 0.717) is 18.5 Å². The Kier molecular flexibility index (Phi) is 6.78. The number of anilines is 3. The van der Waals surface area contributed by atoms with E-state index in [1.54, 1.807) is 0 Å². The fraction of sp³-hybridized carbons (Fsp3) is 0.385. The molecule has 0 spiro atoms. The number of benzene rings is 2. The third kappa shape index (κ3) is 5.49. The molecule has 2 aromatic carbocycles. The fourth-order valence-corrected chi connectivity index (χ4v) is 4.37. The Bertz CT molecular complexity index is 1060. The predicted molar refractivity (Wildman–Crippen MR) is 134 cm³/mol. The van der Waals surface area contributed by atoms with Gasteiger partial charge in [0.25, 0.3) is 0 Å². The Morgan fingerprint density at radius 3 is 2.47 bits per heavy atom. The van der Waals surface area contributed by atoms with Crippen LogP contribution in [0.25, 0.3) is 10.9 Å². The third-order valence-corrected chi connectivity index (χ3v) is 6.24. The third-order valence-electron chi connectivity index (χ3n) is 6.24. The van der Waals surface area contributed by atoms with E-state index in [2.05, 4.69) is 59.2 Å². The summed E-state index contributed by atoms with van der Waals surface area (Å²) in [6, 6.07) is 18.5. The second-order valence-corrected chi connectivity index (χ2v) is 9.00. The van der Waals surface area contributed by atoms with Crippen molar-refractivity contribution in [1.82, 2.24) is 10.3 Å². The molecule has 0 unspecified atom stereocenters. The molecule has 32 heavy (non-hydrogen) atoms. The van der Waals surface area contributed by atoms with Crippen LogP contribution in [0.3, 0.4) is 0 Å². The number of amides is 2. The molecule has 1 aromatic heterocycles. The maximum absolute atomic E-state index is 12.2. The number of nitrogens with one attached hydrogen (secondary N) is 3. The highest BCUT2D eigenvalue weighted by atomic mass is 16.2. The van der Waals surface area contributed by atoms with Crippen molar-refractivity contribution >= 4 is 34.1 Å². The van der Waals surface area contributed by atoms with Crippen LogP contribution in [0.2, 0.25) is 0 Å². The quantitative estimate of drug-likeness (QED) is 0.489. The van der Waals surface area contributed by atoms with Gasteiger partial charge in [0.15, 0.2) is 0 Å². The zero-order valence-corrected chi connectivity index (χ0v) is 19.2. The van der Waals surface area contributed by atoms with Crippen LogP contribution in [0.1, 0.15) is 31.2 Å². The van der Waals surface area contributed by atoms with Gasteiger partial charge in [0.2, 0.25) is 0 Å². The second-order valence-electron chi connectivity index (χ2n) is 9.00. The summed E-state index contributed by atoms with van der Waals surface area (Å²) < 4.78 is 0. The topological polar surface area (TPSA) is 69.3 Å². The van der Waals surface area contributed by atoms with Gasteiger partial charge in [-0.15, -0.1) is 0 Å². The van der Waals surface area contributed by atoms with Crippen LogP contribution in [-0.2, 0) is 0 Å². The maximum atomic E-state index is 12.2. The molecule has 0 saturated heterocycles. The van der Waals surface area contributed by atoms with Crippen molar-refractivity contribution in [2.75, 3.05) is 36.2 Å². The molecule has 168 valence electrons. The number of carbonyl (C=O) groups excluding carboxylic acids is 1. The molecular formula is C26H33N5O. The Morgan fingerprint density at radius 2 is 1.75 bits per heavy atom. The summed E-state index contributed by atoms with van der Waals surface area (Å²) in [5.41, 5.74) is 4.19. The van der Waals surface area contributed by atoms with Crippen molar-refractivity contribution in [3.8, 4) is 0 Å². The average molecular weight is 432 g/mol. The lowest BCUT2D eigenvalue weighted by molar-refractivity contribution is 0.246. The van der Waals surface area contributed by atoms with E-state index in [0.717, 1.165) is 42.7 Å². The molecule has 6 heteroatoms. The van der Waals surface area contributed by atoms with Crippen LogP contribution >= 0.6 is 0 Å². The molecule has 1 heterocycles. The first kappa shape index (κ1) is 21.9. The lowest BCUT2D eigenvalue weighted by Gasteiger charge is -2.30. The summed E-state index contributed by atoms with van der Waals surface area (Å²) >= 11 is 0. The standard InChI is InChI=1S/C26H33N5O/c1-18-8-12-21(13-9-18)29-26(32)27-17-19-10-14-20(15-11-19)28-25-16-24(31(2)3)22-6-4-5-7-23(22)30-25/h4-9,12-13,16,19-20H,10-11,14-15,17H2,1-3H3,(H,28,30)(H2,27,29,32). The van der Waals surface area contributed by atoms with E-state index in [9.17, 15) is 4.79 Å². The van der Waals surface area contributed by atoms with Crippen LogP contribution in [-0.4, -0.2) is 37.7 Å². The number of aromatic nitrogens is 1. The average Bonchev–Trinajstić information content (AvgIpc) is 2.79. The predicted octanol–water partition coefficient (Wildman–Crippen LogP) is 5.40. The van der Waals surface area contributed by atoms with Gasteiger partial charge in [-0.05, 0) is 56.7 Å². The summed E-state index contributed by atoms with van der Waals surface area (Å²) in [6.07, 6.45) is 4.35. The lowest BCUT2D eigenvalue weighted by Crippen LogP contribution is -2.36. The van der Waals surface area contributed by atoms with E-state index in [4.69, 9.17) is 4.98 Å². The first-order chi connectivity index (χ1) is 15.5. The molecule has 4 rings (SSSR count). The summed E-state index contributed by atoms with van der Waals surface area (Å²) in [5, 5.41) is 10.8. The normalized spacial score (nSPS) is 18.2. The van der Waals surface area contributed by atoms with Crippen molar-refractivity contribution < 1.29 is 4.79 Å². The summed E-state index contributed by atoms with van der Waals surface area (Å²) in [7, 11) is 4.14. The summed E-state index contributed by atoms with van der Waals surface area (Å²) in [6.45, 7) is 2.75. The van der Waals surface area contributed by atoms with Crippen LogP contribution in [0.15, 0.2) is 54.6 Å². The summed E-state index contributed by atoms with van der Waals surface area (Å²) in [5.74, 6) is 1.45. The second kappa shape index (κ2) is 9.90. The van der Waals surface area contributed by atoms with Gasteiger partial charge in [-0.2, -0.15) is 0 Å². The zero-order valence-electron chi connectivity index (χ0n) is 19.2. The molecule has 0 aliphatic heterocycles. The SMILES string of the molecule is Cc1ccc(NC(=O)NCC2CCC(Nc3cc(N(C)C)c4ccccc4n3)CC2)cc1. The largest absolute Gasteiger partial charge is 0.377 e. The van der Waals surface area contributed by atoms with Gasteiger partial charge in [-0.1, -0.05) is 35.9 Å². The van der Waals surface area contributed by atoms with Gasteiger partial charge >= 0.3 is 6.03 Å². The van der Waals surface area contributed by atoms with Gasteiger partial charge in [0.1, 0.15) is 5.82 Å². The number of para-hydroxylation sites is 1. The highest BCUT2D eigenvalue weighted by molar-refractivity contribution is 5.93. The molecule has 0 radical (unpaired) electrons. The number of hydrogen-bond acceptors (Lipinski definition) is 4. The van der Waals surface area contributed by atoms with Crippen LogP contribution in [0.4, 0.5) is 22.0 Å². The van der Waals surface area contributed by atoms with E-state index in [-0.39, 0.29) is 6.03 Å². The van der Waals surface area contributed by atoms with Crippen LogP contribution in [0.5, 0.6) is 0 Å². The minimum atomic E-state index is -0.134. The smallest absolute Gasteiger partial charge is 0.319 e. The number of carbonyl (C=O) groups is 1. The minimum Gasteiger partial charge on any atom is -0.377 e. The van der Waals surface area contributed by atoms with Gasteiger partial charge < -0.3 is 20.9 Å². The first-order valence-corrected chi connectivity index (χ1v) is 11.4. The number of aryl methyl sites for hydroxylation is 1. The number of urea groups is 1. The highest BCUT2D eigenvalue weighted by Crippen LogP contribution is 2.30. The van der Waals surface area contributed by atoms with Gasteiger partial charge in [0, 0.05) is 49.5 Å². The molecule has 3 N–H and O–H groups in total. The molecule has 1 aliphatic rings. The minimum absolute atomic E-state index is 0.134. The Morgan fingerprint density at radius 1 is 1.03 bits per heavy atom. The van der Waals surface area contributed by atoms with Crippen molar-refractivity contribution in [1.29, 1.82) is 0 Å². The van der Waals surface area contributed by atoms with Crippen molar-refractivity contribution in [3.05, 3.63) is 60.2 Å². The molecule has 0 atom stereocenters. The van der Waals surface area contributed by atoms with E-state index >= 15 is 0 Å². The molecule has 1 saturated carbocycles. The van der Waals surface area contributed by atoms with Crippen molar-refractivity contribution in [3.63, 3.8) is 0 Å². The number of hydrogen-bond donors (Lipinski definition) is 3. The number of nitrogens with zero attached hydrogens (tertiary/aromatic N) is 2. The maximum Gasteiger partial charge on any atom is 0.319 e. The van der Waals surface area contributed by atoms with Gasteiger partial charge in [0.05, 0.1) is 5.52 Å².